The van der Waals surface area contributed by atoms with Crippen molar-refractivity contribution < 1.29 is 14.3 Å². The quantitative estimate of drug-likeness (QED) is 0.782. The summed E-state index contributed by atoms with van der Waals surface area (Å²) in [5.41, 5.74) is 0.671. The van der Waals surface area contributed by atoms with Gasteiger partial charge in [-0.1, -0.05) is 0 Å². The van der Waals surface area contributed by atoms with E-state index in [4.69, 9.17) is 4.74 Å². The molecule has 2 N–H and O–H groups in total. The molecular weight excluding hydrogens is 308 g/mol. The van der Waals surface area contributed by atoms with Crippen LogP contribution in [-0.2, 0) is 21.4 Å². The van der Waals surface area contributed by atoms with Crippen LogP contribution in [0.5, 0.6) is 0 Å². The maximum atomic E-state index is 12.1. The van der Waals surface area contributed by atoms with Gasteiger partial charge in [0, 0.05) is 44.1 Å². The fourth-order valence-corrected chi connectivity index (χ4v) is 2.80. The summed E-state index contributed by atoms with van der Waals surface area (Å²) in [5, 5.41) is 5.45. The smallest absolute Gasteiger partial charge is 0.309 e. The minimum atomic E-state index is -0.602. The number of nitrogens with zero attached hydrogens (tertiary/aromatic N) is 2. The van der Waals surface area contributed by atoms with Crippen LogP contribution in [0, 0.1) is 0 Å². The monoisotopic (exact) mass is 336 g/mol. The molecule has 134 valence electrons. The van der Waals surface area contributed by atoms with Crippen LogP contribution in [0.15, 0.2) is 18.3 Å². The Kier molecular flexibility index (Phi) is 6.01. The summed E-state index contributed by atoms with van der Waals surface area (Å²) in [7, 11) is 1.98. The molecule has 1 saturated heterocycles. The van der Waals surface area contributed by atoms with Crippen LogP contribution < -0.4 is 10.6 Å². The molecule has 0 bridgehead atoms. The highest BCUT2D eigenvalue weighted by Gasteiger charge is 2.26. The van der Waals surface area contributed by atoms with Crippen molar-refractivity contribution in [1.29, 1.82) is 0 Å². The highest BCUT2D eigenvalue weighted by atomic mass is 16.5. The zero-order valence-electron chi connectivity index (χ0n) is 15.0. The van der Waals surface area contributed by atoms with E-state index < -0.39 is 17.4 Å². The minimum absolute atomic E-state index is 0.0142. The average molecular weight is 336 g/mol. The van der Waals surface area contributed by atoms with Gasteiger partial charge in [-0.05, 0) is 32.9 Å². The van der Waals surface area contributed by atoms with Gasteiger partial charge in [0.1, 0.15) is 0 Å². The van der Waals surface area contributed by atoms with Gasteiger partial charge in [-0.2, -0.15) is 0 Å². The first-order valence-electron chi connectivity index (χ1n) is 8.31. The van der Waals surface area contributed by atoms with E-state index in [9.17, 15) is 9.59 Å². The van der Waals surface area contributed by atoms with Gasteiger partial charge in [-0.25, -0.2) is 0 Å². The molecule has 0 aliphatic carbocycles. The predicted molar refractivity (Wildman–Crippen MR) is 91.5 cm³/mol. The van der Waals surface area contributed by atoms with Gasteiger partial charge in [-0.15, -0.1) is 0 Å². The van der Waals surface area contributed by atoms with Crippen LogP contribution in [0.2, 0.25) is 0 Å². The van der Waals surface area contributed by atoms with E-state index in [2.05, 4.69) is 15.5 Å². The number of nitrogens with one attached hydrogen (secondary N) is 2. The van der Waals surface area contributed by atoms with Crippen molar-refractivity contribution >= 4 is 11.8 Å². The molecule has 2 heterocycles. The molecule has 7 nitrogen and oxygen atoms in total. The fraction of sp³-hybridized carbons (Fsp3) is 0.647. The normalized spacial score (nSPS) is 17.3. The third kappa shape index (κ3) is 5.07. The van der Waals surface area contributed by atoms with Crippen LogP contribution in [-0.4, -0.2) is 59.7 Å². The Bertz CT molecular complexity index is 571. The van der Waals surface area contributed by atoms with Gasteiger partial charge >= 0.3 is 11.8 Å². The zero-order chi connectivity index (χ0) is 17.7. The Morgan fingerprint density at radius 3 is 2.46 bits per heavy atom. The van der Waals surface area contributed by atoms with Crippen LogP contribution in [0.4, 0.5) is 0 Å². The Labute approximate surface area is 143 Å². The number of carbonyl (C=O) groups excluding carboxylic acids is 2. The van der Waals surface area contributed by atoms with Crippen molar-refractivity contribution in [3.63, 3.8) is 0 Å². The Balaban J connectivity index is 2.02. The lowest BCUT2D eigenvalue weighted by Crippen LogP contribution is -2.50. The van der Waals surface area contributed by atoms with Crippen molar-refractivity contribution in [2.24, 2.45) is 7.05 Å². The second-order valence-corrected chi connectivity index (χ2v) is 7.12. The largest absolute Gasteiger partial charge is 0.379 e. The predicted octanol–water partition coefficient (Wildman–Crippen LogP) is 0.429. The number of aryl methyl sites for hydroxylation is 1. The van der Waals surface area contributed by atoms with Crippen LogP contribution in [0.3, 0.4) is 0 Å². The summed E-state index contributed by atoms with van der Waals surface area (Å²) < 4.78 is 7.46. The molecule has 0 spiro atoms. The van der Waals surface area contributed by atoms with Gasteiger partial charge in [0.15, 0.2) is 0 Å². The van der Waals surface area contributed by atoms with Crippen molar-refractivity contribution in [1.82, 2.24) is 20.1 Å². The molecule has 1 aromatic heterocycles. The molecular formula is C17H28N4O3. The first-order valence-corrected chi connectivity index (χ1v) is 8.31. The maximum Gasteiger partial charge on any atom is 0.309 e. The summed E-state index contributed by atoms with van der Waals surface area (Å²) in [6, 6.07) is 4.04. The second kappa shape index (κ2) is 7.81. The van der Waals surface area contributed by atoms with Crippen LogP contribution in [0.25, 0.3) is 0 Å². The SMILES string of the molecule is Cn1cccc1C(CNC(=O)C(=O)NC(C)(C)C)N1CCOCC1. The number of hydrogen-bond acceptors (Lipinski definition) is 4. The summed E-state index contributed by atoms with van der Waals surface area (Å²) in [6.45, 7) is 8.89. The molecule has 1 aromatic rings. The molecule has 2 rings (SSSR count). The number of amides is 2. The topological polar surface area (TPSA) is 75.6 Å². The van der Waals surface area contributed by atoms with Crippen molar-refractivity contribution in [3.8, 4) is 0 Å². The first-order chi connectivity index (χ1) is 11.3. The van der Waals surface area contributed by atoms with Crippen molar-refractivity contribution in [2.75, 3.05) is 32.8 Å². The van der Waals surface area contributed by atoms with Crippen LogP contribution >= 0.6 is 0 Å². The van der Waals surface area contributed by atoms with E-state index in [1.54, 1.807) is 0 Å². The third-order valence-corrected chi connectivity index (χ3v) is 3.96. The Hall–Kier alpha value is -1.86. The molecule has 7 heteroatoms. The number of carbonyl (C=O) groups is 2. The number of ether oxygens (including phenoxy) is 1. The summed E-state index contributed by atoms with van der Waals surface area (Å²) in [5.74, 6) is -1.20. The van der Waals surface area contributed by atoms with Gasteiger partial charge in [0.05, 0.1) is 19.3 Å². The highest BCUT2D eigenvalue weighted by molar-refractivity contribution is 6.35. The molecule has 1 aliphatic rings. The van der Waals surface area contributed by atoms with E-state index in [0.717, 1.165) is 18.8 Å². The lowest BCUT2D eigenvalue weighted by atomic mass is 10.1. The zero-order valence-corrected chi connectivity index (χ0v) is 15.0. The molecule has 0 radical (unpaired) electrons. The molecule has 2 amide bonds. The maximum absolute atomic E-state index is 12.1. The van der Waals surface area contributed by atoms with E-state index in [1.807, 2.05) is 50.7 Å². The van der Waals surface area contributed by atoms with Gasteiger partial charge in [-0.3, -0.25) is 14.5 Å². The number of aromatic nitrogens is 1. The van der Waals surface area contributed by atoms with Gasteiger partial charge < -0.3 is 19.9 Å². The molecule has 1 unspecified atom stereocenters. The lowest BCUT2D eigenvalue weighted by Gasteiger charge is -2.35. The lowest BCUT2D eigenvalue weighted by molar-refractivity contribution is -0.140. The van der Waals surface area contributed by atoms with Crippen molar-refractivity contribution in [2.45, 2.75) is 32.4 Å². The van der Waals surface area contributed by atoms with E-state index in [-0.39, 0.29) is 6.04 Å². The summed E-state index contributed by atoms with van der Waals surface area (Å²) in [4.78, 5) is 26.3. The molecule has 0 aromatic carbocycles. The molecule has 24 heavy (non-hydrogen) atoms. The fourth-order valence-electron chi connectivity index (χ4n) is 2.80. The number of rotatable bonds is 4. The standard InChI is InChI=1S/C17H28N4O3/c1-17(2,3)19-16(23)15(22)18-12-14(13-6-5-7-20(13)4)21-8-10-24-11-9-21/h5-7,14H,8-12H2,1-4H3,(H,18,22)(H,19,23). The highest BCUT2D eigenvalue weighted by Crippen LogP contribution is 2.21. The molecule has 1 fully saturated rings. The number of morpholine rings is 1. The van der Waals surface area contributed by atoms with E-state index in [0.29, 0.717) is 19.8 Å². The second-order valence-electron chi connectivity index (χ2n) is 7.12. The van der Waals surface area contributed by atoms with E-state index in [1.165, 1.54) is 0 Å². The molecule has 1 atom stereocenters. The van der Waals surface area contributed by atoms with Gasteiger partial charge in [0.25, 0.3) is 0 Å². The van der Waals surface area contributed by atoms with Crippen LogP contribution in [0.1, 0.15) is 32.5 Å². The first kappa shape index (κ1) is 18.5. The Morgan fingerprint density at radius 1 is 1.25 bits per heavy atom. The van der Waals surface area contributed by atoms with Gasteiger partial charge in [0.2, 0.25) is 0 Å². The average Bonchev–Trinajstić information content (AvgIpc) is 2.93. The summed E-state index contributed by atoms with van der Waals surface area (Å²) in [6.07, 6.45) is 1.98. The number of hydrogen-bond donors (Lipinski definition) is 2. The summed E-state index contributed by atoms with van der Waals surface area (Å²) >= 11 is 0. The Morgan fingerprint density at radius 2 is 1.92 bits per heavy atom. The van der Waals surface area contributed by atoms with Crippen molar-refractivity contribution in [3.05, 3.63) is 24.0 Å². The minimum Gasteiger partial charge on any atom is -0.379 e. The molecule has 0 saturated carbocycles. The third-order valence-electron chi connectivity index (χ3n) is 3.96. The van der Waals surface area contributed by atoms with E-state index >= 15 is 0 Å². The molecule has 1 aliphatic heterocycles.